The van der Waals surface area contributed by atoms with Gasteiger partial charge in [0.2, 0.25) is 0 Å². The van der Waals surface area contributed by atoms with E-state index in [4.69, 9.17) is 56.8 Å². The lowest BCUT2D eigenvalue weighted by Gasteiger charge is -2.19. The predicted octanol–water partition coefficient (Wildman–Crippen LogP) is 7.97. The number of nitrogens with zero attached hydrogens (tertiary/aromatic N) is 1. The Hall–Kier alpha value is -2.73. The minimum Gasteiger partial charge on any atom is -0.448 e. The number of carbonyl (C=O) groups excluding carboxylic acids is 1. The van der Waals surface area contributed by atoms with Crippen LogP contribution in [-0.2, 0) is 56.8 Å². The predicted molar refractivity (Wildman–Crippen MR) is 249 cm³/mol. The van der Waals surface area contributed by atoms with E-state index in [-0.39, 0.29) is 12.0 Å². The largest absolute Gasteiger partial charge is 0.448 e. The van der Waals surface area contributed by atoms with Gasteiger partial charge in [0.15, 0.2) is 0 Å². The third-order valence-electron chi connectivity index (χ3n) is 10.6. The van der Waals surface area contributed by atoms with Crippen molar-refractivity contribution in [2.45, 2.75) is 77.0 Å². The monoisotopic (exact) mass is 906 g/mol. The fourth-order valence-electron chi connectivity index (χ4n) is 6.99. The molecule has 0 aromatic heterocycles. The van der Waals surface area contributed by atoms with Gasteiger partial charge in [0.1, 0.15) is 6.61 Å². The molecule has 2 aromatic rings. The minimum absolute atomic E-state index is 0.0382. The maximum absolute atomic E-state index is 12.6. The first-order valence-corrected chi connectivity index (χ1v) is 24.1. The molecule has 1 amide bonds. The number of rotatable bonds is 46. The molecule has 0 fully saturated rings. The maximum Gasteiger partial charge on any atom is 0.409 e. The van der Waals surface area contributed by atoms with Gasteiger partial charge in [0.25, 0.3) is 0 Å². The number of carbonyl (C=O) groups is 1. The highest BCUT2D eigenvalue weighted by atomic mass is 16.6. The van der Waals surface area contributed by atoms with Gasteiger partial charge in [-0.05, 0) is 28.7 Å². The molecular weight excluding hydrogens is 823 g/mol. The number of unbranched alkanes of at least 4 members (excludes halogenated alkanes) is 9. The summed E-state index contributed by atoms with van der Waals surface area (Å²) in [6.07, 6.45) is 13.0. The van der Waals surface area contributed by atoms with Crippen molar-refractivity contribution in [2.24, 2.45) is 0 Å². The van der Waals surface area contributed by atoms with Gasteiger partial charge in [-0.25, -0.2) is 4.79 Å². The van der Waals surface area contributed by atoms with E-state index in [0.29, 0.717) is 152 Å². The summed E-state index contributed by atoms with van der Waals surface area (Å²) in [6, 6.07) is 16.6. The van der Waals surface area contributed by atoms with Crippen molar-refractivity contribution < 1.29 is 61.6 Å². The molecule has 64 heavy (non-hydrogen) atoms. The van der Waals surface area contributed by atoms with Gasteiger partial charge in [0.05, 0.1) is 139 Å². The molecule has 0 saturated carbocycles. The summed E-state index contributed by atoms with van der Waals surface area (Å²) < 4.78 is 66.9. The Morgan fingerprint density at radius 3 is 1.06 bits per heavy atom. The van der Waals surface area contributed by atoms with Gasteiger partial charge in [-0.3, -0.25) is 0 Å². The number of hydrogen-bond acceptors (Lipinski definition) is 13. The van der Waals surface area contributed by atoms with Crippen LogP contribution in [0.15, 0.2) is 48.5 Å². The number of ether oxygens (including phenoxy) is 12. The maximum atomic E-state index is 12.6. The van der Waals surface area contributed by atoms with Crippen molar-refractivity contribution in [1.82, 2.24) is 4.90 Å². The second-order valence-electron chi connectivity index (χ2n) is 15.6. The molecule has 2 aromatic carbocycles. The number of hydrogen-bond donors (Lipinski definition) is 0. The van der Waals surface area contributed by atoms with E-state index in [1.807, 2.05) is 24.3 Å². The fourth-order valence-corrected chi connectivity index (χ4v) is 6.99. The molecule has 0 aliphatic heterocycles. The van der Waals surface area contributed by atoms with E-state index in [1.54, 1.807) is 7.05 Å². The van der Waals surface area contributed by atoms with Crippen LogP contribution in [0.4, 0.5) is 4.79 Å². The number of likely N-dealkylation sites (N-methyl/N-ethyl adjacent to an activating group) is 1. The van der Waals surface area contributed by atoms with Crippen LogP contribution in [0.2, 0.25) is 0 Å². The lowest BCUT2D eigenvalue weighted by Crippen LogP contribution is -2.32. The number of benzene rings is 2. The SMILES string of the molecule is CCCCCCCCCCCCOCCOCCOCCOCCOCCOCCOCCOCCOCCOCCOCCN(C)C(=O)OCC1c2ccccc2-c2ccccc21. The van der Waals surface area contributed by atoms with Crippen LogP contribution in [0.25, 0.3) is 11.1 Å². The molecule has 0 unspecified atom stereocenters. The summed E-state index contributed by atoms with van der Waals surface area (Å²) in [6.45, 7) is 14.4. The van der Waals surface area contributed by atoms with Gasteiger partial charge in [-0.1, -0.05) is 113 Å². The van der Waals surface area contributed by atoms with Crippen molar-refractivity contribution in [3.05, 3.63) is 59.7 Å². The van der Waals surface area contributed by atoms with Crippen molar-refractivity contribution in [1.29, 1.82) is 0 Å². The first-order chi connectivity index (χ1) is 31.7. The molecule has 0 radical (unpaired) electrons. The Kier molecular flexibility index (Phi) is 35.2. The molecule has 1 aliphatic carbocycles. The van der Waals surface area contributed by atoms with Crippen LogP contribution in [0.1, 0.15) is 88.2 Å². The van der Waals surface area contributed by atoms with E-state index < -0.39 is 0 Å². The van der Waals surface area contributed by atoms with Gasteiger partial charge in [-0.15, -0.1) is 0 Å². The molecular formula is C50H83NO13. The summed E-state index contributed by atoms with van der Waals surface area (Å²) in [5.41, 5.74) is 4.80. The summed E-state index contributed by atoms with van der Waals surface area (Å²) in [5.74, 6) is 0.0382. The molecule has 3 rings (SSSR count). The van der Waals surface area contributed by atoms with Gasteiger partial charge in [-0.2, -0.15) is 0 Å². The second-order valence-corrected chi connectivity index (χ2v) is 15.6. The molecule has 14 nitrogen and oxygen atoms in total. The van der Waals surface area contributed by atoms with Gasteiger partial charge < -0.3 is 61.7 Å². The number of fused-ring (bicyclic) bond motifs is 3. The Morgan fingerprint density at radius 2 is 0.703 bits per heavy atom. The zero-order chi connectivity index (χ0) is 45.2. The Balaban J connectivity index is 0.923. The summed E-state index contributed by atoms with van der Waals surface area (Å²) in [4.78, 5) is 14.2. The molecule has 0 heterocycles. The Labute approximate surface area is 385 Å². The van der Waals surface area contributed by atoms with Crippen LogP contribution >= 0.6 is 0 Å². The Morgan fingerprint density at radius 1 is 0.406 bits per heavy atom. The molecule has 1 aliphatic rings. The van der Waals surface area contributed by atoms with E-state index in [9.17, 15) is 4.79 Å². The Bertz CT molecular complexity index is 1330. The molecule has 14 heteroatoms. The quantitative estimate of drug-likeness (QED) is 0.0596. The third kappa shape index (κ3) is 27.7. The zero-order valence-electron chi connectivity index (χ0n) is 39.5. The van der Waals surface area contributed by atoms with E-state index in [1.165, 1.54) is 84.9 Å². The lowest BCUT2D eigenvalue weighted by atomic mass is 9.98. The van der Waals surface area contributed by atoms with Gasteiger partial charge >= 0.3 is 6.09 Å². The summed E-state index contributed by atoms with van der Waals surface area (Å²) in [5, 5.41) is 0. The highest BCUT2D eigenvalue weighted by molar-refractivity contribution is 5.79. The highest BCUT2D eigenvalue weighted by Gasteiger charge is 2.29. The molecule has 0 atom stereocenters. The fraction of sp³-hybridized carbons (Fsp3) is 0.740. The molecule has 366 valence electrons. The van der Waals surface area contributed by atoms with Crippen molar-refractivity contribution in [3.8, 4) is 11.1 Å². The zero-order valence-corrected chi connectivity index (χ0v) is 39.5. The molecule has 0 bridgehead atoms. The summed E-state index contributed by atoms with van der Waals surface area (Å²) >= 11 is 0. The van der Waals surface area contributed by atoms with E-state index in [2.05, 4.69) is 31.2 Å². The van der Waals surface area contributed by atoms with Crippen LogP contribution in [0, 0.1) is 0 Å². The molecule has 0 saturated heterocycles. The number of amides is 1. The standard InChI is InChI=1S/C50H83NO13/c1-3-4-5-6-7-8-9-10-11-16-22-53-24-26-55-28-30-57-32-34-59-36-38-61-40-42-63-43-41-62-39-37-60-35-33-58-31-29-56-27-25-54-23-21-51(2)50(52)64-44-49-47-19-14-12-17-45(47)46-18-13-15-20-48(46)49/h12-15,17-20,49H,3-11,16,21-44H2,1-2H3. The average Bonchev–Trinajstić information content (AvgIpc) is 3.64. The normalized spacial score (nSPS) is 12.2. The minimum atomic E-state index is -0.363. The smallest absolute Gasteiger partial charge is 0.409 e. The van der Waals surface area contributed by atoms with Crippen LogP contribution in [0.5, 0.6) is 0 Å². The van der Waals surface area contributed by atoms with Gasteiger partial charge in [0, 0.05) is 26.1 Å². The first kappa shape index (κ1) is 55.6. The summed E-state index contributed by atoms with van der Waals surface area (Å²) in [7, 11) is 1.72. The lowest BCUT2D eigenvalue weighted by molar-refractivity contribution is -0.0276. The van der Waals surface area contributed by atoms with Crippen LogP contribution in [-0.4, -0.2) is 177 Å². The van der Waals surface area contributed by atoms with Crippen molar-refractivity contribution >= 4 is 6.09 Å². The average molecular weight is 906 g/mol. The highest BCUT2D eigenvalue weighted by Crippen LogP contribution is 2.44. The van der Waals surface area contributed by atoms with Crippen molar-refractivity contribution in [2.75, 3.05) is 166 Å². The first-order valence-electron chi connectivity index (χ1n) is 24.1. The van der Waals surface area contributed by atoms with Crippen LogP contribution < -0.4 is 0 Å². The topological polar surface area (TPSA) is 131 Å². The van der Waals surface area contributed by atoms with Crippen molar-refractivity contribution in [3.63, 3.8) is 0 Å². The van der Waals surface area contributed by atoms with E-state index >= 15 is 0 Å². The third-order valence-corrected chi connectivity index (χ3v) is 10.6. The molecule has 0 spiro atoms. The van der Waals surface area contributed by atoms with Crippen LogP contribution in [0.3, 0.4) is 0 Å². The second kappa shape index (κ2) is 40.5. The molecule has 0 N–H and O–H groups in total. The van der Waals surface area contributed by atoms with E-state index in [0.717, 1.165) is 13.0 Å².